The number of benzene rings is 1. The van der Waals surface area contributed by atoms with E-state index in [1.807, 2.05) is 0 Å². The molecule has 3 heteroatoms. The number of hydrogen-bond acceptors (Lipinski definition) is 2. The molecule has 1 unspecified atom stereocenters. The van der Waals surface area contributed by atoms with E-state index in [0.29, 0.717) is 18.6 Å². The second kappa shape index (κ2) is 5.50. The zero-order chi connectivity index (χ0) is 16.3. The normalized spacial score (nSPS) is 39.1. The predicted octanol–water partition coefficient (Wildman–Crippen LogP) is 3.38. The van der Waals surface area contributed by atoms with Crippen LogP contribution in [0.2, 0.25) is 0 Å². The molecule has 128 valence electrons. The lowest BCUT2D eigenvalue weighted by molar-refractivity contribution is -0.123. The minimum atomic E-state index is 0.232. The molecule has 0 radical (unpaired) electrons. The highest BCUT2D eigenvalue weighted by Gasteiger charge is 2.48. The lowest BCUT2D eigenvalue weighted by Gasteiger charge is -2.54. The molecule has 1 atom stereocenters. The summed E-state index contributed by atoms with van der Waals surface area (Å²) in [6.45, 7) is 2.75. The van der Waals surface area contributed by atoms with Gasteiger partial charge in [-0.3, -0.25) is 4.79 Å². The Kier molecular flexibility index (Phi) is 3.39. The van der Waals surface area contributed by atoms with Gasteiger partial charge in [-0.25, -0.2) is 0 Å². The van der Waals surface area contributed by atoms with E-state index in [2.05, 4.69) is 41.4 Å². The molecule has 6 rings (SSSR count). The van der Waals surface area contributed by atoms with E-state index in [1.54, 1.807) is 0 Å². The Morgan fingerprint density at radius 1 is 1.08 bits per heavy atom. The number of nitrogens with zero attached hydrogens (tertiary/aromatic N) is 1. The Labute approximate surface area is 144 Å². The third-order valence-electron chi connectivity index (χ3n) is 7.22. The van der Waals surface area contributed by atoms with Crippen LogP contribution in [0.3, 0.4) is 0 Å². The smallest absolute Gasteiger partial charge is 0.239 e. The van der Waals surface area contributed by atoms with Crippen LogP contribution >= 0.6 is 0 Å². The van der Waals surface area contributed by atoms with E-state index >= 15 is 0 Å². The third-order valence-corrected chi connectivity index (χ3v) is 7.22. The molecule has 0 aromatic heterocycles. The van der Waals surface area contributed by atoms with Gasteiger partial charge in [-0.15, -0.1) is 0 Å². The fourth-order valence-electron chi connectivity index (χ4n) is 6.42. The van der Waals surface area contributed by atoms with E-state index in [9.17, 15) is 4.79 Å². The SMILES string of the molecule is CC1Cc2ccccc2N1CC(=O)NC1C2CC3CC(C2)CC1C3. The van der Waals surface area contributed by atoms with E-state index in [0.717, 1.165) is 30.1 Å². The number of rotatable bonds is 3. The first-order valence-electron chi connectivity index (χ1n) is 9.81. The van der Waals surface area contributed by atoms with Crippen molar-refractivity contribution in [2.75, 3.05) is 11.4 Å². The number of fused-ring (bicyclic) bond motifs is 1. The van der Waals surface area contributed by atoms with Crippen molar-refractivity contribution in [1.82, 2.24) is 5.32 Å². The molecule has 1 N–H and O–H groups in total. The molecule has 1 aromatic carbocycles. The van der Waals surface area contributed by atoms with Crippen molar-refractivity contribution in [3.05, 3.63) is 29.8 Å². The van der Waals surface area contributed by atoms with Crippen LogP contribution in [0.15, 0.2) is 24.3 Å². The van der Waals surface area contributed by atoms with E-state index in [4.69, 9.17) is 0 Å². The Bertz CT molecular complexity index is 627. The largest absolute Gasteiger partial charge is 0.359 e. The molecule has 4 aliphatic carbocycles. The van der Waals surface area contributed by atoms with Crippen molar-refractivity contribution in [2.45, 2.75) is 57.5 Å². The molecule has 0 saturated heterocycles. The topological polar surface area (TPSA) is 32.3 Å². The average Bonchev–Trinajstić information content (AvgIpc) is 2.86. The number of nitrogens with one attached hydrogen (secondary N) is 1. The predicted molar refractivity (Wildman–Crippen MR) is 95.9 cm³/mol. The van der Waals surface area contributed by atoms with E-state index in [-0.39, 0.29) is 5.91 Å². The average molecular weight is 324 g/mol. The number of hydrogen-bond donors (Lipinski definition) is 1. The van der Waals surface area contributed by atoms with Gasteiger partial charge >= 0.3 is 0 Å². The highest BCUT2D eigenvalue weighted by atomic mass is 16.2. The first kappa shape index (κ1) is 14.8. The lowest BCUT2D eigenvalue weighted by atomic mass is 9.54. The summed E-state index contributed by atoms with van der Waals surface area (Å²) in [5.74, 6) is 3.68. The van der Waals surface area contributed by atoms with Crippen LogP contribution < -0.4 is 10.2 Å². The maximum atomic E-state index is 12.8. The Morgan fingerprint density at radius 3 is 2.46 bits per heavy atom. The minimum Gasteiger partial charge on any atom is -0.359 e. The molecule has 4 bridgehead atoms. The fourth-order valence-corrected chi connectivity index (χ4v) is 6.42. The number of anilines is 1. The van der Waals surface area contributed by atoms with Crippen LogP contribution in [0.4, 0.5) is 5.69 Å². The molecule has 1 heterocycles. The molecule has 0 spiro atoms. The van der Waals surface area contributed by atoms with Gasteiger partial charge in [0.2, 0.25) is 5.91 Å². The number of carbonyl (C=O) groups is 1. The molecule has 1 amide bonds. The molecular formula is C21H28N2O. The van der Waals surface area contributed by atoms with E-state index < -0.39 is 0 Å². The molecule has 4 saturated carbocycles. The van der Waals surface area contributed by atoms with Gasteiger partial charge in [-0.05, 0) is 80.8 Å². The summed E-state index contributed by atoms with van der Waals surface area (Å²) in [6, 6.07) is 9.42. The zero-order valence-electron chi connectivity index (χ0n) is 14.6. The van der Waals surface area contributed by atoms with Gasteiger partial charge in [0.25, 0.3) is 0 Å². The van der Waals surface area contributed by atoms with Crippen molar-refractivity contribution in [1.29, 1.82) is 0 Å². The summed E-state index contributed by atoms with van der Waals surface area (Å²) in [5, 5.41) is 3.46. The minimum absolute atomic E-state index is 0.232. The van der Waals surface area contributed by atoms with Crippen molar-refractivity contribution in [2.24, 2.45) is 23.7 Å². The summed E-state index contributed by atoms with van der Waals surface area (Å²) < 4.78 is 0. The number of amides is 1. The van der Waals surface area contributed by atoms with Crippen LogP contribution in [-0.2, 0) is 11.2 Å². The zero-order valence-corrected chi connectivity index (χ0v) is 14.6. The van der Waals surface area contributed by atoms with Crippen molar-refractivity contribution in [3.63, 3.8) is 0 Å². The molecule has 5 aliphatic rings. The highest BCUT2D eigenvalue weighted by Crippen LogP contribution is 2.53. The first-order valence-corrected chi connectivity index (χ1v) is 9.81. The Hall–Kier alpha value is -1.51. The molecular weight excluding hydrogens is 296 g/mol. The van der Waals surface area contributed by atoms with Crippen LogP contribution in [0.5, 0.6) is 0 Å². The molecule has 4 fully saturated rings. The van der Waals surface area contributed by atoms with E-state index in [1.165, 1.54) is 43.4 Å². The molecule has 1 aliphatic heterocycles. The molecule has 3 nitrogen and oxygen atoms in total. The van der Waals surface area contributed by atoms with Crippen molar-refractivity contribution in [3.8, 4) is 0 Å². The summed E-state index contributed by atoms with van der Waals surface area (Å²) in [7, 11) is 0. The molecule has 24 heavy (non-hydrogen) atoms. The second-order valence-corrected chi connectivity index (χ2v) is 8.83. The summed E-state index contributed by atoms with van der Waals surface area (Å²) in [5.41, 5.74) is 2.64. The van der Waals surface area contributed by atoms with Crippen molar-refractivity contribution < 1.29 is 4.79 Å². The highest BCUT2D eigenvalue weighted by molar-refractivity contribution is 5.83. The van der Waals surface area contributed by atoms with Crippen LogP contribution in [0, 0.1) is 23.7 Å². The first-order chi connectivity index (χ1) is 11.7. The maximum Gasteiger partial charge on any atom is 0.239 e. The van der Waals surface area contributed by atoms with Gasteiger partial charge in [0.15, 0.2) is 0 Å². The molecule has 1 aromatic rings. The fraction of sp³-hybridized carbons (Fsp3) is 0.667. The number of para-hydroxylation sites is 1. The van der Waals surface area contributed by atoms with Crippen LogP contribution in [-0.4, -0.2) is 24.5 Å². The van der Waals surface area contributed by atoms with Crippen LogP contribution in [0.25, 0.3) is 0 Å². The van der Waals surface area contributed by atoms with Gasteiger partial charge in [0.1, 0.15) is 0 Å². The van der Waals surface area contributed by atoms with Gasteiger partial charge in [0, 0.05) is 17.8 Å². The van der Waals surface area contributed by atoms with Gasteiger partial charge in [-0.2, -0.15) is 0 Å². The summed E-state index contributed by atoms with van der Waals surface area (Å²) >= 11 is 0. The standard InChI is InChI=1S/C21H28N2O/c1-13-6-16-4-2-3-5-19(16)23(13)12-20(24)22-21-17-8-14-7-15(10-17)11-18(21)9-14/h2-5,13-15,17-18,21H,6-12H2,1H3,(H,22,24). The summed E-state index contributed by atoms with van der Waals surface area (Å²) in [6.07, 6.45) is 7.97. The Balaban J connectivity index is 1.27. The quantitative estimate of drug-likeness (QED) is 0.924. The maximum absolute atomic E-state index is 12.8. The monoisotopic (exact) mass is 324 g/mol. The van der Waals surface area contributed by atoms with Gasteiger partial charge < -0.3 is 10.2 Å². The number of carbonyl (C=O) groups excluding carboxylic acids is 1. The van der Waals surface area contributed by atoms with Gasteiger partial charge in [0.05, 0.1) is 6.54 Å². The van der Waals surface area contributed by atoms with Crippen LogP contribution in [0.1, 0.15) is 44.6 Å². The third kappa shape index (κ3) is 2.35. The Morgan fingerprint density at radius 2 is 1.75 bits per heavy atom. The second-order valence-electron chi connectivity index (χ2n) is 8.83. The van der Waals surface area contributed by atoms with Crippen molar-refractivity contribution >= 4 is 11.6 Å². The lowest BCUT2D eigenvalue weighted by Crippen LogP contribution is -2.57. The van der Waals surface area contributed by atoms with Gasteiger partial charge in [-0.1, -0.05) is 18.2 Å². The summed E-state index contributed by atoms with van der Waals surface area (Å²) in [4.78, 5) is 15.1.